The first kappa shape index (κ1) is 40.3. The minimum atomic E-state index is -3.41. The van der Waals surface area contributed by atoms with Gasteiger partial charge in [-0.05, 0) is 0 Å². The van der Waals surface area contributed by atoms with Gasteiger partial charge in [0.2, 0.25) is 0 Å². The van der Waals surface area contributed by atoms with Crippen LogP contribution in [-0.2, 0) is 11.3 Å². The maximum absolute atomic E-state index is 6.11. The standard InChI is InChI=1S/C26H63N10OP5/c1-31(2)39(15,32(3)4)28-42(27-38(12,13)14,29-40(16,33(5)6)34(7)8)30-41(17,35(9)10)36(11)23-24-37-25-26-21-19-18-20-22-26/h18-22,42H,23-25H2,1-17H3. The molecule has 42 heavy (non-hydrogen) atoms. The zero-order valence-corrected chi connectivity index (χ0v) is 34.3. The Morgan fingerprint density at radius 2 is 0.952 bits per heavy atom. The van der Waals surface area contributed by atoms with E-state index in [1.54, 1.807) is 0 Å². The molecule has 0 spiro atoms. The van der Waals surface area contributed by atoms with Crippen molar-refractivity contribution in [3.63, 3.8) is 0 Å². The van der Waals surface area contributed by atoms with Crippen LogP contribution in [0, 0.1) is 0 Å². The summed E-state index contributed by atoms with van der Waals surface area (Å²) in [6, 6.07) is 10.3. The van der Waals surface area contributed by atoms with Gasteiger partial charge < -0.3 is 0 Å². The molecule has 11 nitrogen and oxygen atoms in total. The van der Waals surface area contributed by atoms with Gasteiger partial charge in [-0.15, -0.1) is 0 Å². The molecular weight excluding hydrogens is 623 g/mol. The van der Waals surface area contributed by atoms with Gasteiger partial charge in [0.1, 0.15) is 0 Å². The zero-order valence-electron chi connectivity index (χ0n) is 29.7. The van der Waals surface area contributed by atoms with E-state index >= 15 is 0 Å². The number of nitrogens with zero attached hydrogens (tertiary/aromatic N) is 10. The molecule has 0 saturated heterocycles. The van der Waals surface area contributed by atoms with E-state index in [0.29, 0.717) is 13.2 Å². The summed E-state index contributed by atoms with van der Waals surface area (Å²) in [5, 5.41) is 0. The van der Waals surface area contributed by atoms with E-state index in [2.05, 4.69) is 158 Å². The molecule has 1 aromatic carbocycles. The first-order valence-electron chi connectivity index (χ1n) is 14.2. The average molecular weight is 687 g/mol. The fourth-order valence-corrected chi connectivity index (χ4v) is 23.1. The molecule has 1 rings (SSSR count). The van der Waals surface area contributed by atoms with Crippen molar-refractivity contribution in [2.45, 2.75) is 6.61 Å². The second kappa shape index (κ2) is 16.2. The van der Waals surface area contributed by atoms with Crippen molar-refractivity contribution >= 4 is 37.0 Å². The van der Waals surface area contributed by atoms with E-state index in [-0.39, 0.29) is 0 Å². The van der Waals surface area contributed by atoms with Gasteiger partial charge in [-0.2, -0.15) is 0 Å². The average Bonchev–Trinajstić information content (AvgIpc) is 2.85. The maximum atomic E-state index is 6.11. The third-order valence-corrected chi connectivity index (χ3v) is 27.8. The summed E-state index contributed by atoms with van der Waals surface area (Å²) in [5.74, 6) is 0. The second-order valence-electron chi connectivity index (χ2n) is 12.7. The molecule has 0 bridgehead atoms. The number of benzene rings is 1. The number of rotatable bonds is 15. The van der Waals surface area contributed by atoms with Gasteiger partial charge in [0.05, 0.1) is 0 Å². The molecule has 1 unspecified atom stereocenters. The predicted octanol–water partition coefficient (Wildman–Crippen LogP) is 7.43. The van der Waals surface area contributed by atoms with Gasteiger partial charge in [-0.25, -0.2) is 0 Å². The monoisotopic (exact) mass is 686 g/mol. The van der Waals surface area contributed by atoms with Crippen molar-refractivity contribution in [2.75, 3.05) is 131 Å². The van der Waals surface area contributed by atoms with Crippen LogP contribution in [-0.4, -0.2) is 159 Å². The van der Waals surface area contributed by atoms with Crippen molar-refractivity contribution in [3.8, 4) is 0 Å². The van der Waals surface area contributed by atoms with Crippen molar-refractivity contribution in [3.05, 3.63) is 35.9 Å². The first-order valence-corrected chi connectivity index (χ1v) is 25.3. The van der Waals surface area contributed by atoms with Crippen LogP contribution >= 0.6 is 37.0 Å². The van der Waals surface area contributed by atoms with Crippen molar-refractivity contribution in [1.82, 2.24) is 28.0 Å². The Morgan fingerprint density at radius 1 is 0.571 bits per heavy atom. The molecule has 1 atom stereocenters. The van der Waals surface area contributed by atoms with Crippen LogP contribution in [0.5, 0.6) is 0 Å². The number of ether oxygens (including phenoxy) is 1. The van der Waals surface area contributed by atoms with Gasteiger partial charge in [0, 0.05) is 0 Å². The minimum absolute atomic E-state index is 0.596. The molecular formula is C26H63N10OP5. The van der Waals surface area contributed by atoms with Crippen LogP contribution in [0.1, 0.15) is 5.56 Å². The van der Waals surface area contributed by atoms with E-state index in [1.165, 1.54) is 5.56 Å². The van der Waals surface area contributed by atoms with Crippen LogP contribution < -0.4 is 0 Å². The molecule has 0 heterocycles. The van der Waals surface area contributed by atoms with Crippen molar-refractivity contribution < 1.29 is 4.74 Å². The van der Waals surface area contributed by atoms with Crippen LogP contribution in [0.25, 0.3) is 0 Å². The predicted molar refractivity (Wildman–Crippen MR) is 198 cm³/mol. The molecule has 0 aromatic heterocycles. The Bertz CT molecular complexity index is 1150. The van der Waals surface area contributed by atoms with Crippen molar-refractivity contribution in [2.24, 2.45) is 18.1 Å². The summed E-state index contributed by atoms with van der Waals surface area (Å²) in [4.78, 5) is 0. The molecule has 0 aliphatic heterocycles. The Kier molecular flexibility index (Phi) is 15.6. The molecule has 0 saturated carbocycles. The van der Waals surface area contributed by atoms with Gasteiger partial charge >= 0.3 is 261 Å². The Morgan fingerprint density at radius 3 is 1.31 bits per heavy atom. The van der Waals surface area contributed by atoms with Crippen LogP contribution in [0.15, 0.2) is 48.4 Å². The molecule has 0 amide bonds. The zero-order chi connectivity index (χ0) is 32.7. The van der Waals surface area contributed by atoms with E-state index in [1.807, 2.05) is 18.2 Å². The fraction of sp³-hybridized carbons (Fsp3) is 0.769. The topological polar surface area (TPSA) is 78.1 Å². The van der Waals surface area contributed by atoms with Crippen LogP contribution in [0.3, 0.4) is 0 Å². The molecule has 0 aliphatic carbocycles. The van der Waals surface area contributed by atoms with Crippen LogP contribution in [0.4, 0.5) is 0 Å². The first-order chi connectivity index (χ1) is 19.0. The normalized spacial score (nSPS) is 15.6. The van der Waals surface area contributed by atoms with Crippen molar-refractivity contribution in [1.29, 1.82) is 0 Å². The number of hydrogen-bond acceptors (Lipinski definition) is 5. The summed E-state index contributed by atoms with van der Waals surface area (Å²) < 4.78 is 42.9. The van der Waals surface area contributed by atoms with Crippen LogP contribution in [0.2, 0.25) is 0 Å². The summed E-state index contributed by atoms with van der Waals surface area (Å²) in [6.45, 7) is 15.5. The quantitative estimate of drug-likeness (QED) is 0.140. The number of hydrogen-bond donors (Lipinski definition) is 0. The Labute approximate surface area is 260 Å². The van der Waals surface area contributed by atoms with Gasteiger partial charge in [0.25, 0.3) is 0 Å². The molecule has 1 aromatic rings. The van der Waals surface area contributed by atoms with E-state index in [0.717, 1.165) is 6.54 Å². The van der Waals surface area contributed by atoms with Gasteiger partial charge in [-0.1, -0.05) is 0 Å². The third-order valence-electron chi connectivity index (χ3n) is 7.51. The molecule has 0 aliphatic rings. The SMILES string of the molecule is CN(C)P(C)(=N[PH](N=P(C)(C)C)(N=P(C)(N(C)C)N(C)C)N=P(C)(N(C)C)N(C)CCOCc1ccccc1)N(C)C. The molecule has 16 heteroatoms. The van der Waals surface area contributed by atoms with Gasteiger partial charge in [0.15, 0.2) is 0 Å². The Hall–Kier alpha value is 0.290. The summed E-state index contributed by atoms with van der Waals surface area (Å²) in [5.41, 5.74) is 1.18. The molecule has 0 radical (unpaired) electrons. The molecule has 0 N–H and O–H groups in total. The Balaban J connectivity index is 4.09. The van der Waals surface area contributed by atoms with E-state index < -0.39 is 37.0 Å². The second-order valence-corrected chi connectivity index (χ2v) is 30.9. The van der Waals surface area contributed by atoms with Gasteiger partial charge in [-0.3, -0.25) is 0 Å². The molecule has 0 fully saturated rings. The summed E-state index contributed by atoms with van der Waals surface area (Å²) in [7, 11) is 11.7. The third kappa shape index (κ3) is 11.0. The van der Waals surface area contributed by atoms with E-state index in [4.69, 9.17) is 22.8 Å². The fourth-order valence-electron chi connectivity index (χ4n) is 3.98. The number of likely N-dealkylation sites (N-methyl/N-ethyl adjacent to an activating group) is 1. The summed E-state index contributed by atoms with van der Waals surface area (Å²) in [6.07, 6.45) is 0. The molecule has 248 valence electrons. The summed E-state index contributed by atoms with van der Waals surface area (Å²) >= 11 is 0. The van der Waals surface area contributed by atoms with E-state index in [9.17, 15) is 0 Å².